The highest BCUT2D eigenvalue weighted by Gasteiger charge is 2.22. The van der Waals surface area contributed by atoms with E-state index in [4.69, 9.17) is 25.8 Å². The van der Waals surface area contributed by atoms with E-state index < -0.39 is 5.91 Å². The standard InChI is InChI=1S/C41H47ClN4O6/c1-29-14-19-35(38(25-29)51-24-10-6-9-13-39(47)46-22-20-44(2)21-23-46)45(3)41(49)31-15-18-34(37(26-31)50-4)43-40(48)33-17-16-32(42)27-36(33)52-28-30-11-7-5-8-12-30/h5,7-8,11-12,14-19,25-27H,6,9-10,13,20-24,28H2,1-4H3,(H,43,48). The van der Waals surface area contributed by atoms with Crippen LogP contribution in [0.2, 0.25) is 5.02 Å². The van der Waals surface area contributed by atoms with E-state index in [1.807, 2.05) is 60.4 Å². The molecule has 0 atom stereocenters. The number of piperazine rings is 1. The normalized spacial score (nSPS) is 13.0. The summed E-state index contributed by atoms with van der Waals surface area (Å²) in [5.74, 6) is 0.794. The second-order valence-corrected chi connectivity index (χ2v) is 13.4. The van der Waals surface area contributed by atoms with Crippen molar-refractivity contribution < 1.29 is 28.6 Å². The Hall–Kier alpha value is -5.06. The molecule has 4 aromatic carbocycles. The highest BCUT2D eigenvalue weighted by atomic mass is 35.5. The fraction of sp³-hybridized carbons (Fsp3) is 0.341. The highest BCUT2D eigenvalue weighted by molar-refractivity contribution is 6.31. The van der Waals surface area contributed by atoms with E-state index in [9.17, 15) is 14.4 Å². The van der Waals surface area contributed by atoms with Crippen molar-refractivity contribution in [3.05, 3.63) is 112 Å². The number of amides is 3. The number of aryl methyl sites for hydroxylation is 1. The molecular formula is C41H47ClN4O6. The molecule has 52 heavy (non-hydrogen) atoms. The van der Waals surface area contributed by atoms with Crippen molar-refractivity contribution in [3.63, 3.8) is 0 Å². The number of hydrogen-bond acceptors (Lipinski definition) is 7. The number of carbonyl (C=O) groups is 3. The van der Waals surface area contributed by atoms with E-state index in [1.54, 1.807) is 48.3 Å². The van der Waals surface area contributed by atoms with Gasteiger partial charge in [-0.25, -0.2) is 0 Å². The number of anilines is 2. The number of halogens is 1. The van der Waals surface area contributed by atoms with E-state index in [1.165, 1.54) is 7.11 Å². The van der Waals surface area contributed by atoms with Gasteiger partial charge in [-0.05, 0) is 92.9 Å². The van der Waals surface area contributed by atoms with Crippen molar-refractivity contribution in [3.8, 4) is 17.2 Å². The molecule has 0 unspecified atom stereocenters. The molecule has 11 heteroatoms. The summed E-state index contributed by atoms with van der Waals surface area (Å²) in [6, 6.07) is 25.1. The van der Waals surface area contributed by atoms with Gasteiger partial charge < -0.3 is 34.2 Å². The van der Waals surface area contributed by atoms with Crippen LogP contribution in [0.4, 0.5) is 11.4 Å². The van der Waals surface area contributed by atoms with Gasteiger partial charge in [-0.3, -0.25) is 14.4 Å². The fourth-order valence-corrected chi connectivity index (χ4v) is 6.09. The first-order valence-corrected chi connectivity index (χ1v) is 17.9. The van der Waals surface area contributed by atoms with Crippen LogP contribution in [0.5, 0.6) is 17.2 Å². The second kappa shape index (κ2) is 18.4. The summed E-state index contributed by atoms with van der Waals surface area (Å²) < 4.78 is 17.8. The lowest BCUT2D eigenvalue weighted by atomic mass is 10.1. The van der Waals surface area contributed by atoms with Gasteiger partial charge in [-0.15, -0.1) is 0 Å². The number of methoxy groups -OCH3 is 1. The van der Waals surface area contributed by atoms with Gasteiger partial charge in [0.05, 0.1) is 30.7 Å². The van der Waals surface area contributed by atoms with Crippen molar-refractivity contribution in [1.82, 2.24) is 9.80 Å². The summed E-state index contributed by atoms with van der Waals surface area (Å²) in [6.07, 6.45) is 3.03. The third kappa shape index (κ3) is 10.3. The van der Waals surface area contributed by atoms with Crippen LogP contribution in [0, 0.1) is 6.92 Å². The number of rotatable bonds is 15. The zero-order valence-corrected chi connectivity index (χ0v) is 31.1. The number of nitrogens with zero attached hydrogens (tertiary/aromatic N) is 3. The van der Waals surface area contributed by atoms with Crippen LogP contribution in [-0.4, -0.2) is 81.5 Å². The van der Waals surface area contributed by atoms with Gasteiger partial charge in [0.25, 0.3) is 11.8 Å². The van der Waals surface area contributed by atoms with Gasteiger partial charge in [0, 0.05) is 50.2 Å². The molecule has 0 spiro atoms. The van der Waals surface area contributed by atoms with Gasteiger partial charge >= 0.3 is 0 Å². The molecule has 0 saturated carbocycles. The number of unbranched alkanes of at least 4 members (excludes halogenated alkanes) is 2. The Bertz CT molecular complexity index is 1840. The molecule has 4 aromatic rings. The minimum absolute atomic E-state index is 0.224. The van der Waals surface area contributed by atoms with Gasteiger partial charge in [0.1, 0.15) is 23.9 Å². The van der Waals surface area contributed by atoms with Crippen molar-refractivity contribution in [2.75, 3.05) is 64.2 Å². The summed E-state index contributed by atoms with van der Waals surface area (Å²) >= 11 is 6.24. The Morgan fingerprint density at radius 3 is 2.35 bits per heavy atom. The summed E-state index contributed by atoms with van der Waals surface area (Å²) in [4.78, 5) is 45.5. The van der Waals surface area contributed by atoms with Gasteiger partial charge in [-0.1, -0.05) is 48.0 Å². The molecule has 0 aliphatic carbocycles. The Morgan fingerprint density at radius 1 is 0.827 bits per heavy atom. The first-order chi connectivity index (χ1) is 25.1. The Morgan fingerprint density at radius 2 is 1.60 bits per heavy atom. The second-order valence-electron chi connectivity index (χ2n) is 13.0. The maximum absolute atomic E-state index is 13.8. The molecule has 1 N–H and O–H groups in total. The van der Waals surface area contributed by atoms with Crippen LogP contribution in [0.3, 0.4) is 0 Å². The molecule has 0 aromatic heterocycles. The molecule has 3 amide bonds. The average molecular weight is 727 g/mol. The maximum Gasteiger partial charge on any atom is 0.259 e. The largest absolute Gasteiger partial charge is 0.495 e. The Balaban J connectivity index is 1.19. The van der Waals surface area contributed by atoms with Crippen LogP contribution in [0.1, 0.15) is 57.5 Å². The van der Waals surface area contributed by atoms with Crippen molar-refractivity contribution >= 4 is 40.7 Å². The summed E-state index contributed by atoms with van der Waals surface area (Å²) in [5.41, 5.74) is 3.64. The molecule has 1 fully saturated rings. The van der Waals surface area contributed by atoms with Gasteiger partial charge in [0.15, 0.2) is 0 Å². The number of benzene rings is 4. The lowest BCUT2D eigenvalue weighted by molar-refractivity contribution is -0.132. The van der Waals surface area contributed by atoms with Crippen LogP contribution < -0.4 is 24.4 Å². The molecule has 1 saturated heterocycles. The number of nitrogens with one attached hydrogen (secondary N) is 1. The molecular weight excluding hydrogens is 680 g/mol. The third-order valence-corrected chi connectivity index (χ3v) is 9.29. The summed E-state index contributed by atoms with van der Waals surface area (Å²) in [6.45, 7) is 6.15. The first-order valence-electron chi connectivity index (χ1n) is 17.6. The van der Waals surface area contributed by atoms with Crippen molar-refractivity contribution in [1.29, 1.82) is 0 Å². The molecule has 0 bridgehead atoms. The van der Waals surface area contributed by atoms with Crippen LogP contribution >= 0.6 is 11.6 Å². The number of hydrogen-bond donors (Lipinski definition) is 1. The molecule has 0 radical (unpaired) electrons. The monoisotopic (exact) mass is 726 g/mol. The van der Waals surface area contributed by atoms with E-state index in [2.05, 4.69) is 17.3 Å². The molecule has 1 heterocycles. The van der Waals surface area contributed by atoms with E-state index >= 15 is 0 Å². The van der Waals surface area contributed by atoms with Crippen molar-refractivity contribution in [2.24, 2.45) is 0 Å². The lowest BCUT2D eigenvalue weighted by Crippen LogP contribution is -2.47. The lowest BCUT2D eigenvalue weighted by Gasteiger charge is -2.32. The quantitative estimate of drug-likeness (QED) is 0.127. The molecule has 1 aliphatic rings. The van der Waals surface area contributed by atoms with Crippen molar-refractivity contribution in [2.45, 2.75) is 39.2 Å². The Kier molecular flexibility index (Phi) is 13.5. The third-order valence-electron chi connectivity index (χ3n) is 9.05. The van der Waals surface area contributed by atoms with E-state index in [-0.39, 0.29) is 18.4 Å². The molecule has 5 rings (SSSR count). The first kappa shape index (κ1) is 38.2. The van der Waals surface area contributed by atoms with Crippen LogP contribution in [-0.2, 0) is 11.4 Å². The van der Waals surface area contributed by atoms with Gasteiger partial charge in [-0.2, -0.15) is 0 Å². The highest BCUT2D eigenvalue weighted by Crippen LogP contribution is 2.33. The van der Waals surface area contributed by atoms with Crippen LogP contribution in [0.25, 0.3) is 0 Å². The topological polar surface area (TPSA) is 101 Å². The number of likely N-dealkylation sites (N-methyl/N-ethyl adjacent to an activating group) is 1. The van der Waals surface area contributed by atoms with Gasteiger partial charge in [0.2, 0.25) is 5.91 Å². The SMILES string of the molecule is COc1cc(C(=O)N(C)c2ccc(C)cc2OCCCCCC(=O)N2CCN(C)CC2)ccc1NC(=O)c1ccc(Cl)cc1OCc1ccccc1. The number of ether oxygens (including phenoxy) is 3. The van der Waals surface area contributed by atoms with Crippen LogP contribution in [0.15, 0.2) is 84.9 Å². The summed E-state index contributed by atoms with van der Waals surface area (Å²) in [5, 5.41) is 3.33. The van der Waals surface area contributed by atoms with E-state index in [0.717, 1.165) is 56.6 Å². The molecule has 10 nitrogen and oxygen atoms in total. The zero-order chi connectivity index (χ0) is 37.0. The average Bonchev–Trinajstić information content (AvgIpc) is 3.15. The Labute approximate surface area is 311 Å². The molecule has 274 valence electrons. The fourth-order valence-electron chi connectivity index (χ4n) is 5.92. The minimum Gasteiger partial charge on any atom is -0.495 e. The predicted octanol–water partition coefficient (Wildman–Crippen LogP) is 7.48. The molecule has 1 aliphatic heterocycles. The number of carbonyl (C=O) groups excluding carboxylic acids is 3. The van der Waals surface area contributed by atoms with E-state index in [0.29, 0.717) is 57.8 Å². The zero-order valence-electron chi connectivity index (χ0n) is 30.3. The smallest absolute Gasteiger partial charge is 0.259 e. The minimum atomic E-state index is -0.419. The summed E-state index contributed by atoms with van der Waals surface area (Å²) in [7, 11) is 5.26. The maximum atomic E-state index is 13.8. The predicted molar refractivity (Wildman–Crippen MR) is 205 cm³/mol.